The van der Waals surface area contributed by atoms with Gasteiger partial charge in [0.05, 0.1) is 23.8 Å². The quantitative estimate of drug-likeness (QED) is 0.561. The van der Waals surface area contributed by atoms with E-state index in [1.54, 1.807) is 23.7 Å². The highest BCUT2D eigenvalue weighted by Crippen LogP contribution is 2.25. The second-order valence-corrected chi connectivity index (χ2v) is 7.77. The Kier molecular flexibility index (Phi) is 6.80. The Bertz CT molecular complexity index is 1090. The molecule has 1 atom stereocenters. The van der Waals surface area contributed by atoms with Crippen molar-refractivity contribution in [2.45, 2.75) is 33.4 Å². The molecule has 0 saturated heterocycles. The molecule has 0 aliphatic heterocycles. The van der Waals surface area contributed by atoms with Crippen LogP contribution in [0.4, 0.5) is 5.69 Å². The van der Waals surface area contributed by atoms with Crippen molar-refractivity contribution in [1.29, 1.82) is 0 Å². The monoisotopic (exact) mass is 444 g/mol. The van der Waals surface area contributed by atoms with Gasteiger partial charge in [-0.15, -0.1) is 0 Å². The first-order valence-corrected chi connectivity index (χ1v) is 10.2. The standard InChI is InChI=1S/C22H22Cl2N4O2/c1-13(16-8-6-9-18(11-16)26-15(3)29)25-22(30)20-14(2)27-28(21(20)24)12-17-7-4-5-10-19(17)23/h4-11,13H,12H2,1-3H3,(H,25,30)(H,26,29). The lowest BCUT2D eigenvalue weighted by Gasteiger charge is -2.15. The number of anilines is 1. The van der Waals surface area contributed by atoms with Crippen LogP contribution in [0.25, 0.3) is 0 Å². The molecular weight excluding hydrogens is 423 g/mol. The molecule has 30 heavy (non-hydrogen) atoms. The summed E-state index contributed by atoms with van der Waals surface area (Å²) in [6, 6.07) is 14.4. The number of halogens is 2. The minimum atomic E-state index is -0.319. The zero-order valence-electron chi connectivity index (χ0n) is 16.9. The number of hydrogen-bond donors (Lipinski definition) is 2. The lowest BCUT2D eigenvalue weighted by molar-refractivity contribution is -0.114. The van der Waals surface area contributed by atoms with E-state index in [1.165, 1.54) is 6.92 Å². The number of aryl methyl sites for hydroxylation is 1. The zero-order chi connectivity index (χ0) is 21.8. The first-order chi connectivity index (χ1) is 14.3. The molecule has 2 N–H and O–H groups in total. The Hall–Kier alpha value is -2.83. The number of amides is 2. The van der Waals surface area contributed by atoms with Crippen molar-refractivity contribution in [2.75, 3.05) is 5.32 Å². The van der Waals surface area contributed by atoms with Gasteiger partial charge in [-0.1, -0.05) is 53.5 Å². The average Bonchev–Trinajstić information content (AvgIpc) is 2.96. The number of nitrogens with zero attached hydrogens (tertiary/aromatic N) is 2. The van der Waals surface area contributed by atoms with Crippen LogP contribution in [0.2, 0.25) is 10.2 Å². The molecule has 0 spiro atoms. The van der Waals surface area contributed by atoms with Crippen molar-refractivity contribution in [2.24, 2.45) is 0 Å². The Morgan fingerprint density at radius 2 is 1.87 bits per heavy atom. The maximum Gasteiger partial charge on any atom is 0.256 e. The van der Waals surface area contributed by atoms with Gasteiger partial charge in [-0.05, 0) is 43.2 Å². The normalized spacial score (nSPS) is 11.8. The van der Waals surface area contributed by atoms with Crippen LogP contribution >= 0.6 is 23.2 Å². The summed E-state index contributed by atoms with van der Waals surface area (Å²) in [6.45, 7) is 5.41. The summed E-state index contributed by atoms with van der Waals surface area (Å²) in [5, 5.41) is 11.0. The SMILES string of the molecule is CC(=O)Nc1cccc(C(C)NC(=O)c2c(C)nn(Cc3ccccc3Cl)c2Cl)c1. The number of aromatic nitrogens is 2. The predicted molar refractivity (Wildman–Crippen MR) is 119 cm³/mol. The zero-order valence-corrected chi connectivity index (χ0v) is 18.4. The van der Waals surface area contributed by atoms with Gasteiger partial charge in [0.2, 0.25) is 5.91 Å². The smallest absolute Gasteiger partial charge is 0.256 e. The molecule has 0 fully saturated rings. The predicted octanol–water partition coefficient (Wildman–Crippen LogP) is 5.00. The van der Waals surface area contributed by atoms with Gasteiger partial charge in [0.15, 0.2) is 0 Å². The summed E-state index contributed by atoms with van der Waals surface area (Å²) < 4.78 is 1.56. The summed E-state index contributed by atoms with van der Waals surface area (Å²) in [4.78, 5) is 24.2. The van der Waals surface area contributed by atoms with E-state index in [4.69, 9.17) is 23.2 Å². The molecule has 1 heterocycles. The van der Waals surface area contributed by atoms with Gasteiger partial charge in [0.1, 0.15) is 5.15 Å². The fraction of sp³-hybridized carbons (Fsp3) is 0.227. The van der Waals surface area contributed by atoms with Crippen LogP contribution in [-0.4, -0.2) is 21.6 Å². The minimum absolute atomic E-state index is 0.155. The molecule has 156 valence electrons. The molecule has 8 heteroatoms. The van der Waals surface area contributed by atoms with Gasteiger partial charge in [-0.2, -0.15) is 5.10 Å². The number of nitrogens with one attached hydrogen (secondary N) is 2. The van der Waals surface area contributed by atoms with E-state index in [2.05, 4.69) is 15.7 Å². The van der Waals surface area contributed by atoms with Crippen LogP contribution in [0.1, 0.15) is 47.1 Å². The molecular formula is C22H22Cl2N4O2. The second-order valence-electron chi connectivity index (χ2n) is 7.00. The summed E-state index contributed by atoms with van der Waals surface area (Å²) in [6.07, 6.45) is 0. The third-order valence-corrected chi connectivity index (χ3v) is 5.38. The van der Waals surface area contributed by atoms with E-state index < -0.39 is 0 Å². The van der Waals surface area contributed by atoms with E-state index in [1.807, 2.05) is 43.3 Å². The van der Waals surface area contributed by atoms with Crippen molar-refractivity contribution >= 4 is 40.7 Å². The Morgan fingerprint density at radius 3 is 2.57 bits per heavy atom. The topological polar surface area (TPSA) is 76.0 Å². The fourth-order valence-corrected chi connectivity index (χ4v) is 3.66. The molecule has 0 aliphatic carbocycles. The summed E-state index contributed by atoms with van der Waals surface area (Å²) in [5.74, 6) is -0.475. The fourth-order valence-electron chi connectivity index (χ4n) is 3.15. The summed E-state index contributed by atoms with van der Waals surface area (Å²) in [7, 11) is 0. The van der Waals surface area contributed by atoms with Crippen LogP contribution in [0.15, 0.2) is 48.5 Å². The maximum absolute atomic E-state index is 12.9. The molecule has 3 aromatic rings. The van der Waals surface area contributed by atoms with Crippen LogP contribution in [-0.2, 0) is 11.3 Å². The second kappa shape index (κ2) is 9.32. The van der Waals surface area contributed by atoms with E-state index in [0.717, 1.165) is 11.1 Å². The van der Waals surface area contributed by atoms with E-state index in [9.17, 15) is 9.59 Å². The van der Waals surface area contributed by atoms with Crippen molar-refractivity contribution in [3.8, 4) is 0 Å². The lowest BCUT2D eigenvalue weighted by atomic mass is 10.1. The number of carbonyl (C=O) groups excluding carboxylic acids is 2. The maximum atomic E-state index is 12.9. The molecule has 1 aromatic heterocycles. The Labute approximate surface area is 185 Å². The average molecular weight is 445 g/mol. The third kappa shape index (κ3) is 5.01. The van der Waals surface area contributed by atoms with Crippen LogP contribution in [0.5, 0.6) is 0 Å². The molecule has 2 amide bonds. The molecule has 6 nitrogen and oxygen atoms in total. The molecule has 0 radical (unpaired) electrons. The van der Waals surface area contributed by atoms with E-state index in [-0.39, 0.29) is 23.0 Å². The van der Waals surface area contributed by atoms with Crippen molar-refractivity contribution in [3.63, 3.8) is 0 Å². The van der Waals surface area contributed by atoms with Crippen molar-refractivity contribution < 1.29 is 9.59 Å². The van der Waals surface area contributed by atoms with Gasteiger partial charge in [-0.25, -0.2) is 4.68 Å². The number of hydrogen-bond acceptors (Lipinski definition) is 3. The van der Waals surface area contributed by atoms with E-state index >= 15 is 0 Å². The van der Waals surface area contributed by atoms with Gasteiger partial charge >= 0.3 is 0 Å². The highest BCUT2D eigenvalue weighted by molar-refractivity contribution is 6.33. The van der Waals surface area contributed by atoms with Gasteiger partial charge in [0, 0.05) is 17.6 Å². The lowest BCUT2D eigenvalue weighted by Crippen LogP contribution is -2.27. The van der Waals surface area contributed by atoms with Crippen LogP contribution in [0, 0.1) is 6.92 Å². The number of benzene rings is 2. The van der Waals surface area contributed by atoms with E-state index in [0.29, 0.717) is 28.5 Å². The first kappa shape index (κ1) is 21.9. The molecule has 1 unspecified atom stereocenters. The molecule has 0 aliphatic rings. The third-order valence-electron chi connectivity index (χ3n) is 4.63. The van der Waals surface area contributed by atoms with Crippen LogP contribution in [0.3, 0.4) is 0 Å². The summed E-state index contributed by atoms with van der Waals surface area (Å²) in [5.41, 5.74) is 3.24. The molecule has 0 saturated carbocycles. The van der Waals surface area contributed by atoms with Crippen molar-refractivity contribution in [3.05, 3.63) is 81.1 Å². The molecule has 2 aromatic carbocycles. The first-order valence-electron chi connectivity index (χ1n) is 9.41. The summed E-state index contributed by atoms with van der Waals surface area (Å²) >= 11 is 12.7. The molecule has 3 rings (SSSR count). The van der Waals surface area contributed by atoms with Gasteiger partial charge in [0.25, 0.3) is 5.91 Å². The van der Waals surface area contributed by atoms with Crippen molar-refractivity contribution in [1.82, 2.24) is 15.1 Å². The van der Waals surface area contributed by atoms with Gasteiger partial charge in [-0.3, -0.25) is 9.59 Å². The Morgan fingerprint density at radius 1 is 1.13 bits per heavy atom. The highest BCUT2D eigenvalue weighted by atomic mass is 35.5. The number of rotatable bonds is 6. The number of carbonyl (C=O) groups is 2. The molecule has 0 bridgehead atoms. The van der Waals surface area contributed by atoms with Crippen LogP contribution < -0.4 is 10.6 Å². The minimum Gasteiger partial charge on any atom is -0.345 e. The highest BCUT2D eigenvalue weighted by Gasteiger charge is 2.22. The Balaban J connectivity index is 1.78. The van der Waals surface area contributed by atoms with Gasteiger partial charge < -0.3 is 10.6 Å². The largest absolute Gasteiger partial charge is 0.345 e.